The lowest BCUT2D eigenvalue weighted by molar-refractivity contribution is 0.374. The quantitative estimate of drug-likeness (QED) is 0.860. The van der Waals surface area contributed by atoms with Gasteiger partial charge in [-0.05, 0) is 30.2 Å². The van der Waals surface area contributed by atoms with E-state index >= 15 is 0 Å². The normalized spacial score (nSPS) is 17.9. The molecule has 2 heterocycles. The summed E-state index contributed by atoms with van der Waals surface area (Å²) in [7, 11) is 0. The summed E-state index contributed by atoms with van der Waals surface area (Å²) in [6.45, 7) is 1.03. The highest BCUT2D eigenvalue weighted by atomic mass is 32.1. The van der Waals surface area contributed by atoms with Gasteiger partial charge in [-0.15, -0.1) is 22.7 Å². The second kappa shape index (κ2) is 6.64. The van der Waals surface area contributed by atoms with E-state index in [1.54, 1.807) is 11.3 Å². The van der Waals surface area contributed by atoms with Gasteiger partial charge in [0.2, 0.25) is 0 Å². The molecule has 3 rings (SSSR count). The van der Waals surface area contributed by atoms with Gasteiger partial charge >= 0.3 is 0 Å². The van der Waals surface area contributed by atoms with E-state index in [1.807, 2.05) is 17.5 Å². The Bertz CT molecular complexity index is 458. The minimum atomic E-state index is 0.558. The van der Waals surface area contributed by atoms with E-state index in [1.165, 1.54) is 35.6 Å². The Hall–Kier alpha value is -0.710. The molecule has 1 saturated carbocycles. The summed E-state index contributed by atoms with van der Waals surface area (Å²) < 4.78 is 0. The van der Waals surface area contributed by atoms with Gasteiger partial charge in [0.05, 0.1) is 5.01 Å². The Morgan fingerprint density at radius 1 is 1.26 bits per heavy atom. The number of nitrogens with one attached hydrogen (secondary N) is 1. The number of aromatic nitrogens is 1. The molecular weight excluding hydrogens is 272 g/mol. The molecule has 4 heteroatoms. The molecule has 1 unspecified atom stereocenters. The van der Waals surface area contributed by atoms with Crippen LogP contribution in [0.15, 0.2) is 29.1 Å². The van der Waals surface area contributed by atoms with Crippen molar-refractivity contribution >= 4 is 22.7 Å². The van der Waals surface area contributed by atoms with E-state index in [0.717, 1.165) is 18.9 Å². The zero-order valence-electron chi connectivity index (χ0n) is 11.0. The monoisotopic (exact) mass is 292 g/mol. The maximum Gasteiger partial charge on any atom is 0.0937 e. The van der Waals surface area contributed by atoms with Crippen LogP contribution >= 0.6 is 22.7 Å². The second-order valence-electron chi connectivity index (χ2n) is 5.17. The van der Waals surface area contributed by atoms with Crippen LogP contribution in [0.25, 0.3) is 0 Å². The third kappa shape index (κ3) is 3.44. The number of hydrogen-bond donors (Lipinski definition) is 1. The van der Waals surface area contributed by atoms with Crippen molar-refractivity contribution in [1.82, 2.24) is 10.3 Å². The van der Waals surface area contributed by atoms with Crippen LogP contribution in [0, 0.1) is 5.92 Å². The topological polar surface area (TPSA) is 24.9 Å². The average Bonchev–Trinajstić information content (AvgIpc) is 3.15. The van der Waals surface area contributed by atoms with E-state index in [4.69, 9.17) is 0 Å². The molecule has 1 aliphatic carbocycles. The van der Waals surface area contributed by atoms with Crippen molar-refractivity contribution in [1.29, 1.82) is 0 Å². The summed E-state index contributed by atoms with van der Waals surface area (Å²) in [6.07, 6.45) is 8.51. The minimum absolute atomic E-state index is 0.558. The molecule has 0 amide bonds. The molecule has 2 nitrogen and oxygen atoms in total. The van der Waals surface area contributed by atoms with Crippen LogP contribution < -0.4 is 5.32 Å². The molecule has 0 aromatic carbocycles. The van der Waals surface area contributed by atoms with Crippen molar-refractivity contribution < 1.29 is 0 Å². The van der Waals surface area contributed by atoms with E-state index in [-0.39, 0.29) is 0 Å². The summed E-state index contributed by atoms with van der Waals surface area (Å²) >= 11 is 3.65. The van der Waals surface area contributed by atoms with E-state index in [9.17, 15) is 0 Å². The molecule has 1 aliphatic rings. The predicted octanol–water partition coefficient (Wildman–Crippen LogP) is 4.27. The summed E-state index contributed by atoms with van der Waals surface area (Å²) in [6, 6.07) is 5.01. The van der Waals surface area contributed by atoms with Crippen molar-refractivity contribution in [2.24, 2.45) is 5.92 Å². The van der Waals surface area contributed by atoms with Crippen LogP contribution in [0.3, 0.4) is 0 Å². The van der Waals surface area contributed by atoms with Crippen LogP contribution in [0.4, 0.5) is 0 Å². The van der Waals surface area contributed by atoms with E-state index in [2.05, 4.69) is 33.2 Å². The van der Waals surface area contributed by atoms with Crippen LogP contribution in [-0.4, -0.2) is 11.5 Å². The van der Waals surface area contributed by atoms with Crippen LogP contribution in [-0.2, 0) is 6.42 Å². The lowest BCUT2D eigenvalue weighted by atomic mass is 9.96. The summed E-state index contributed by atoms with van der Waals surface area (Å²) in [5, 5.41) is 9.27. The first-order chi connectivity index (χ1) is 9.43. The van der Waals surface area contributed by atoms with Crippen molar-refractivity contribution in [2.45, 2.75) is 38.1 Å². The largest absolute Gasteiger partial charge is 0.309 e. The molecule has 1 atom stereocenters. The molecule has 2 aromatic rings. The van der Waals surface area contributed by atoms with Crippen molar-refractivity contribution in [3.05, 3.63) is 39.0 Å². The summed E-state index contributed by atoms with van der Waals surface area (Å²) in [5.74, 6) is 0.829. The molecule has 1 fully saturated rings. The predicted molar refractivity (Wildman–Crippen MR) is 82.8 cm³/mol. The SMILES string of the molecule is c1csc(C(NCCc2nccs2)C2CCCC2)c1. The third-order valence-corrected chi connectivity index (χ3v) is 5.70. The summed E-state index contributed by atoms with van der Waals surface area (Å²) in [4.78, 5) is 5.86. The molecule has 0 aliphatic heterocycles. The molecule has 2 aromatic heterocycles. The van der Waals surface area contributed by atoms with Gasteiger partial charge in [0.1, 0.15) is 0 Å². The van der Waals surface area contributed by atoms with Gasteiger partial charge in [0.15, 0.2) is 0 Å². The highest BCUT2D eigenvalue weighted by Gasteiger charge is 2.26. The zero-order chi connectivity index (χ0) is 12.9. The van der Waals surface area contributed by atoms with Gasteiger partial charge < -0.3 is 5.32 Å². The number of nitrogens with zero attached hydrogens (tertiary/aromatic N) is 1. The van der Waals surface area contributed by atoms with Crippen LogP contribution in [0.2, 0.25) is 0 Å². The fraction of sp³-hybridized carbons (Fsp3) is 0.533. The first-order valence-electron chi connectivity index (χ1n) is 7.08. The Morgan fingerprint density at radius 2 is 2.16 bits per heavy atom. The van der Waals surface area contributed by atoms with Gasteiger partial charge in [-0.3, -0.25) is 0 Å². The lowest BCUT2D eigenvalue weighted by Crippen LogP contribution is -2.28. The lowest BCUT2D eigenvalue weighted by Gasteiger charge is -2.23. The molecule has 102 valence electrons. The molecule has 0 saturated heterocycles. The van der Waals surface area contributed by atoms with Gasteiger partial charge in [-0.2, -0.15) is 0 Å². The van der Waals surface area contributed by atoms with Gasteiger partial charge in [-0.1, -0.05) is 18.9 Å². The highest BCUT2D eigenvalue weighted by molar-refractivity contribution is 7.10. The number of rotatable bonds is 6. The number of hydrogen-bond acceptors (Lipinski definition) is 4. The standard InChI is InChI=1S/C15H20N2S2/c1-2-5-12(4-1)15(13-6-3-10-18-13)17-8-7-14-16-9-11-19-14/h3,6,9-12,15,17H,1-2,4-5,7-8H2. The molecule has 0 radical (unpaired) electrons. The van der Waals surface area contributed by atoms with Crippen LogP contribution in [0.1, 0.15) is 41.6 Å². The second-order valence-corrected chi connectivity index (χ2v) is 7.13. The zero-order valence-corrected chi connectivity index (χ0v) is 12.7. The summed E-state index contributed by atoms with van der Waals surface area (Å²) in [5.41, 5.74) is 0. The highest BCUT2D eigenvalue weighted by Crippen LogP contribution is 2.37. The smallest absolute Gasteiger partial charge is 0.0937 e. The fourth-order valence-corrected chi connectivity index (χ4v) is 4.48. The number of thiophene rings is 1. The first kappa shape index (κ1) is 13.3. The van der Waals surface area contributed by atoms with E-state index in [0.29, 0.717) is 6.04 Å². The van der Waals surface area contributed by atoms with E-state index < -0.39 is 0 Å². The minimum Gasteiger partial charge on any atom is -0.309 e. The van der Waals surface area contributed by atoms with Crippen molar-refractivity contribution in [3.8, 4) is 0 Å². The Balaban J connectivity index is 1.59. The Labute approximate surface area is 122 Å². The van der Waals surface area contributed by atoms with Gasteiger partial charge in [-0.25, -0.2) is 4.98 Å². The Kier molecular flexibility index (Phi) is 4.64. The fourth-order valence-electron chi connectivity index (χ4n) is 2.97. The number of thiazole rings is 1. The molecule has 0 bridgehead atoms. The first-order valence-corrected chi connectivity index (χ1v) is 8.84. The molecular formula is C15H20N2S2. The maximum absolute atomic E-state index is 4.35. The van der Waals surface area contributed by atoms with Crippen molar-refractivity contribution in [3.63, 3.8) is 0 Å². The van der Waals surface area contributed by atoms with Crippen molar-refractivity contribution in [2.75, 3.05) is 6.54 Å². The molecule has 0 spiro atoms. The maximum atomic E-state index is 4.35. The molecule has 19 heavy (non-hydrogen) atoms. The van der Waals surface area contributed by atoms with Gasteiger partial charge in [0, 0.05) is 35.5 Å². The Morgan fingerprint density at radius 3 is 2.84 bits per heavy atom. The third-order valence-electron chi connectivity index (χ3n) is 3.91. The van der Waals surface area contributed by atoms with Crippen LogP contribution in [0.5, 0.6) is 0 Å². The van der Waals surface area contributed by atoms with Gasteiger partial charge in [0.25, 0.3) is 0 Å². The average molecular weight is 292 g/mol. The molecule has 1 N–H and O–H groups in total.